The Labute approximate surface area is 252 Å². The van der Waals surface area contributed by atoms with Gasteiger partial charge < -0.3 is 40.2 Å². The van der Waals surface area contributed by atoms with Gasteiger partial charge in [0.2, 0.25) is 0 Å². The quantitative estimate of drug-likeness (QED) is 0.179. The molecule has 0 amide bonds. The Hall–Kier alpha value is -3.50. The second kappa shape index (κ2) is 21.2. The molecule has 42 heavy (non-hydrogen) atoms. The van der Waals surface area contributed by atoms with Crippen molar-refractivity contribution in [1.29, 1.82) is 0 Å². The first-order valence-electron chi connectivity index (χ1n) is 15.1. The summed E-state index contributed by atoms with van der Waals surface area (Å²) < 4.78 is 21.8. The number of carbonyl (C=O) groups excluding carboxylic acids is 2. The zero-order chi connectivity index (χ0) is 31.3. The van der Waals surface area contributed by atoms with Crippen LogP contribution in [0.5, 0.6) is 11.5 Å². The third kappa shape index (κ3) is 13.4. The number of carbonyl (C=O) groups is 2. The second-order valence-corrected chi connectivity index (χ2v) is 9.53. The van der Waals surface area contributed by atoms with Crippen LogP contribution in [0, 0.1) is 0 Å². The van der Waals surface area contributed by atoms with Gasteiger partial charge in [0.25, 0.3) is 0 Å². The van der Waals surface area contributed by atoms with E-state index in [0.717, 1.165) is 52.1 Å². The molecule has 0 spiro atoms. The van der Waals surface area contributed by atoms with Crippen LogP contribution < -0.4 is 20.9 Å². The average Bonchev–Trinajstić information content (AvgIpc) is 2.99. The molecule has 0 aliphatic rings. The van der Waals surface area contributed by atoms with Gasteiger partial charge in [-0.25, -0.2) is 9.59 Å². The van der Waals surface area contributed by atoms with Gasteiger partial charge in [-0.05, 0) is 63.3 Å². The zero-order valence-corrected chi connectivity index (χ0v) is 26.4. The first kappa shape index (κ1) is 36.5. The molecule has 0 saturated heterocycles. The van der Waals surface area contributed by atoms with Crippen LogP contribution in [-0.2, 0) is 9.47 Å². The topological polar surface area (TPSA) is 130 Å². The van der Waals surface area contributed by atoms with Crippen molar-refractivity contribution in [2.75, 3.05) is 77.2 Å². The van der Waals surface area contributed by atoms with E-state index >= 15 is 0 Å². The van der Waals surface area contributed by atoms with Crippen LogP contribution in [0.4, 0.5) is 11.4 Å². The largest absolute Gasteiger partial charge is 0.493 e. The molecule has 0 atom stereocenters. The number of hydrogen-bond acceptors (Lipinski definition) is 10. The summed E-state index contributed by atoms with van der Waals surface area (Å²) in [4.78, 5) is 28.7. The van der Waals surface area contributed by atoms with Gasteiger partial charge in [-0.3, -0.25) is 0 Å². The molecule has 0 aromatic heterocycles. The predicted molar refractivity (Wildman–Crippen MR) is 169 cm³/mol. The molecule has 4 N–H and O–H groups in total. The van der Waals surface area contributed by atoms with Gasteiger partial charge in [-0.1, -0.05) is 41.5 Å². The SMILES string of the molecule is CCCOc1cc(N)ccc1C(=O)OCCN(CC)CC.CCCOc1cc(N)ccc1C(=O)OCCN(CC)CC. The molecule has 0 bridgehead atoms. The number of likely N-dealkylation sites (N-methyl/N-ethyl adjacent to an activating group) is 2. The number of hydrogen-bond donors (Lipinski definition) is 2. The van der Waals surface area contributed by atoms with Crippen molar-refractivity contribution in [1.82, 2.24) is 9.80 Å². The van der Waals surface area contributed by atoms with Crippen molar-refractivity contribution in [2.45, 2.75) is 54.4 Å². The Morgan fingerprint density at radius 3 is 1.26 bits per heavy atom. The van der Waals surface area contributed by atoms with E-state index in [4.69, 9.17) is 30.4 Å². The van der Waals surface area contributed by atoms with Crippen LogP contribution in [0.3, 0.4) is 0 Å². The molecule has 10 heteroatoms. The fourth-order valence-electron chi connectivity index (χ4n) is 3.85. The van der Waals surface area contributed by atoms with Gasteiger partial charge in [-0.2, -0.15) is 0 Å². The zero-order valence-electron chi connectivity index (χ0n) is 26.4. The smallest absolute Gasteiger partial charge is 0.341 e. The fourth-order valence-corrected chi connectivity index (χ4v) is 3.85. The third-order valence-electron chi connectivity index (χ3n) is 6.44. The summed E-state index contributed by atoms with van der Waals surface area (Å²) in [7, 11) is 0. The highest BCUT2D eigenvalue weighted by Crippen LogP contribution is 2.24. The summed E-state index contributed by atoms with van der Waals surface area (Å²) in [6.45, 7) is 19.4. The molecular formula is C32H52N4O6. The summed E-state index contributed by atoms with van der Waals surface area (Å²) in [5, 5.41) is 0. The predicted octanol–water partition coefficient (Wildman–Crippen LogP) is 5.11. The molecule has 0 aliphatic heterocycles. The number of nitrogen functional groups attached to an aromatic ring is 2. The Bertz CT molecular complexity index is 974. The van der Waals surface area contributed by atoms with Crippen molar-refractivity contribution >= 4 is 23.3 Å². The lowest BCUT2D eigenvalue weighted by Gasteiger charge is -2.18. The Morgan fingerprint density at radius 1 is 0.595 bits per heavy atom. The molecule has 10 nitrogen and oxygen atoms in total. The summed E-state index contributed by atoms with van der Waals surface area (Å²) in [5.41, 5.74) is 13.5. The van der Waals surface area contributed by atoms with Crippen molar-refractivity contribution in [3.63, 3.8) is 0 Å². The lowest BCUT2D eigenvalue weighted by Crippen LogP contribution is -2.28. The van der Waals surface area contributed by atoms with Gasteiger partial charge in [0.15, 0.2) is 0 Å². The van der Waals surface area contributed by atoms with Gasteiger partial charge in [0.1, 0.15) is 35.8 Å². The van der Waals surface area contributed by atoms with E-state index in [2.05, 4.69) is 37.5 Å². The van der Waals surface area contributed by atoms with E-state index in [-0.39, 0.29) is 11.9 Å². The highest BCUT2D eigenvalue weighted by atomic mass is 16.5. The minimum absolute atomic E-state index is 0.367. The molecule has 0 unspecified atom stereocenters. The van der Waals surface area contributed by atoms with Crippen molar-refractivity contribution in [2.24, 2.45) is 0 Å². The number of ether oxygens (including phenoxy) is 4. The summed E-state index contributed by atoms with van der Waals surface area (Å²) in [6, 6.07) is 9.99. The highest BCUT2D eigenvalue weighted by Gasteiger charge is 2.16. The molecule has 0 radical (unpaired) electrons. The lowest BCUT2D eigenvalue weighted by molar-refractivity contribution is 0.0453. The van der Waals surface area contributed by atoms with Crippen LogP contribution in [-0.4, -0.2) is 87.4 Å². The number of nitrogens with two attached hydrogens (primary N) is 2. The Kier molecular flexibility index (Phi) is 18.5. The van der Waals surface area contributed by atoms with Crippen LogP contribution >= 0.6 is 0 Å². The molecule has 0 heterocycles. The van der Waals surface area contributed by atoms with Gasteiger partial charge in [-0.15, -0.1) is 0 Å². The van der Waals surface area contributed by atoms with Gasteiger partial charge >= 0.3 is 11.9 Å². The summed E-state index contributed by atoms with van der Waals surface area (Å²) in [5.74, 6) is 0.246. The number of esters is 2. The third-order valence-corrected chi connectivity index (χ3v) is 6.44. The number of nitrogens with zero attached hydrogens (tertiary/aromatic N) is 2. The van der Waals surface area contributed by atoms with Crippen LogP contribution in [0.1, 0.15) is 75.1 Å². The maximum absolute atomic E-state index is 12.1. The number of anilines is 2. The molecule has 2 aromatic rings. The minimum atomic E-state index is -0.367. The Morgan fingerprint density at radius 2 is 0.952 bits per heavy atom. The molecular weight excluding hydrogens is 536 g/mol. The van der Waals surface area contributed by atoms with Gasteiger partial charge in [0.05, 0.1) is 13.2 Å². The molecule has 2 rings (SSSR count). The monoisotopic (exact) mass is 588 g/mol. The average molecular weight is 589 g/mol. The molecule has 2 aromatic carbocycles. The number of rotatable bonds is 18. The summed E-state index contributed by atoms with van der Waals surface area (Å²) >= 11 is 0. The van der Waals surface area contributed by atoms with Crippen LogP contribution in [0.2, 0.25) is 0 Å². The molecule has 0 saturated carbocycles. The Balaban J connectivity index is 0.000000420. The molecule has 0 fully saturated rings. The highest BCUT2D eigenvalue weighted by molar-refractivity contribution is 5.93. The molecule has 236 valence electrons. The minimum Gasteiger partial charge on any atom is -0.493 e. The number of benzene rings is 2. The summed E-state index contributed by atoms with van der Waals surface area (Å²) in [6.07, 6.45) is 1.73. The van der Waals surface area contributed by atoms with E-state index in [1.807, 2.05) is 13.8 Å². The van der Waals surface area contributed by atoms with E-state index < -0.39 is 0 Å². The van der Waals surface area contributed by atoms with Crippen LogP contribution in [0.15, 0.2) is 36.4 Å². The van der Waals surface area contributed by atoms with Crippen LogP contribution in [0.25, 0.3) is 0 Å². The second-order valence-electron chi connectivity index (χ2n) is 9.53. The first-order valence-corrected chi connectivity index (χ1v) is 15.1. The maximum atomic E-state index is 12.1. The van der Waals surface area contributed by atoms with Crippen molar-refractivity contribution in [3.05, 3.63) is 47.5 Å². The molecule has 0 aliphatic carbocycles. The van der Waals surface area contributed by atoms with Crippen molar-refractivity contribution in [3.8, 4) is 11.5 Å². The fraction of sp³-hybridized carbons (Fsp3) is 0.562. The maximum Gasteiger partial charge on any atom is 0.341 e. The van der Waals surface area contributed by atoms with E-state index in [9.17, 15) is 9.59 Å². The van der Waals surface area contributed by atoms with Gasteiger partial charge in [0, 0.05) is 36.6 Å². The lowest BCUT2D eigenvalue weighted by atomic mass is 10.2. The van der Waals surface area contributed by atoms with E-state index in [1.54, 1.807) is 36.4 Å². The van der Waals surface area contributed by atoms with E-state index in [1.165, 1.54) is 0 Å². The first-order chi connectivity index (χ1) is 20.2. The normalized spacial score (nSPS) is 10.7. The van der Waals surface area contributed by atoms with Crippen molar-refractivity contribution < 1.29 is 28.5 Å². The standard InChI is InChI=1S/2C16H26N2O3/c2*1-4-10-20-15-12-13(17)7-8-14(15)16(19)21-11-9-18(5-2)6-3/h2*7-8,12H,4-6,9-11,17H2,1-3H3. The van der Waals surface area contributed by atoms with E-state index in [0.29, 0.717) is 60.4 Å².